The fraction of sp³-hybridized carbons (Fsp3) is 0.0714. The normalized spacial score (nSPS) is 12.6. The van der Waals surface area contributed by atoms with Crippen LogP contribution in [0.3, 0.4) is 0 Å². The van der Waals surface area contributed by atoms with Gasteiger partial charge in [0.2, 0.25) is 9.84 Å². The molecule has 0 aliphatic rings. The molecule has 11 heteroatoms. The Morgan fingerprint density at radius 1 is 1.20 bits per heavy atom. The predicted molar refractivity (Wildman–Crippen MR) is 83.2 cm³/mol. The molecule has 2 rings (SSSR count). The molecule has 0 unspecified atom stereocenters. The molecule has 0 amide bonds. The number of sulfone groups is 1. The summed E-state index contributed by atoms with van der Waals surface area (Å²) in [7, 11) is -4.35. The third-order valence-electron chi connectivity index (χ3n) is 2.96. The van der Waals surface area contributed by atoms with E-state index in [0.717, 1.165) is 24.3 Å². The number of thiophene rings is 1. The first-order chi connectivity index (χ1) is 11.6. The van der Waals surface area contributed by atoms with Gasteiger partial charge in [-0.05, 0) is 36.4 Å². The Balaban J connectivity index is 2.43. The summed E-state index contributed by atoms with van der Waals surface area (Å²) in [6, 6.07) is 6.57. The zero-order valence-corrected chi connectivity index (χ0v) is 13.7. The van der Waals surface area contributed by atoms with Gasteiger partial charge < -0.3 is 0 Å². The lowest BCUT2D eigenvalue weighted by Gasteiger charge is -2.07. The molecule has 0 saturated heterocycles. The third kappa shape index (κ3) is 4.04. The molecule has 0 aliphatic heterocycles. The summed E-state index contributed by atoms with van der Waals surface area (Å²) in [6.07, 6.45) is -3.68. The van der Waals surface area contributed by atoms with Gasteiger partial charge in [0.25, 0.3) is 0 Å². The van der Waals surface area contributed by atoms with Crippen LogP contribution in [0.1, 0.15) is 10.4 Å². The van der Waals surface area contributed by atoms with Crippen LogP contribution in [-0.2, 0) is 16.0 Å². The van der Waals surface area contributed by atoms with Crippen molar-refractivity contribution < 1.29 is 26.5 Å². The maximum atomic E-state index is 12.5. The van der Waals surface area contributed by atoms with Crippen LogP contribution < -0.4 is 0 Å². The molecule has 0 spiro atoms. The average Bonchev–Trinajstić information content (AvgIpc) is 3.00. The third-order valence-corrected chi connectivity index (χ3v) is 5.62. The van der Waals surface area contributed by atoms with Gasteiger partial charge in [0.15, 0.2) is 4.91 Å². The Kier molecular flexibility index (Phi) is 4.96. The van der Waals surface area contributed by atoms with Crippen molar-refractivity contribution in [2.24, 2.45) is 0 Å². The maximum absolute atomic E-state index is 12.5. The quantitative estimate of drug-likeness (QED) is 0.447. The molecule has 0 atom stereocenters. The molecule has 2 aromatic rings. The Labute approximate surface area is 143 Å². The van der Waals surface area contributed by atoms with Crippen LogP contribution >= 0.6 is 11.3 Å². The molecule has 0 aliphatic carbocycles. The van der Waals surface area contributed by atoms with Gasteiger partial charge in [0.1, 0.15) is 6.07 Å². The van der Waals surface area contributed by atoms with Crippen LogP contribution in [0.4, 0.5) is 18.2 Å². The number of benzene rings is 1. The summed E-state index contributed by atoms with van der Waals surface area (Å²) in [5.74, 6) is 0. The fourth-order valence-corrected chi connectivity index (χ4v) is 3.76. The first-order valence-electron chi connectivity index (χ1n) is 6.34. The number of hydrogen-bond donors (Lipinski definition) is 0. The van der Waals surface area contributed by atoms with Crippen molar-refractivity contribution in [3.05, 3.63) is 61.9 Å². The smallest absolute Gasteiger partial charge is 0.258 e. The van der Waals surface area contributed by atoms with Crippen LogP contribution in [-0.4, -0.2) is 13.3 Å². The number of nitro groups is 1. The molecule has 6 nitrogen and oxygen atoms in total. The second-order valence-electron chi connectivity index (χ2n) is 4.58. The summed E-state index contributed by atoms with van der Waals surface area (Å²) < 4.78 is 62.3. The zero-order chi connectivity index (χ0) is 18.8. The van der Waals surface area contributed by atoms with Crippen LogP contribution in [0.15, 0.2) is 46.2 Å². The van der Waals surface area contributed by atoms with Gasteiger partial charge in [-0.2, -0.15) is 18.4 Å². The van der Waals surface area contributed by atoms with Gasteiger partial charge in [-0.1, -0.05) is 11.3 Å². The van der Waals surface area contributed by atoms with Crippen molar-refractivity contribution in [1.29, 1.82) is 5.26 Å². The van der Waals surface area contributed by atoms with Crippen molar-refractivity contribution >= 4 is 32.3 Å². The Morgan fingerprint density at radius 3 is 2.24 bits per heavy atom. The van der Waals surface area contributed by atoms with Crippen molar-refractivity contribution in [3.8, 4) is 6.07 Å². The van der Waals surface area contributed by atoms with Crippen LogP contribution in [0, 0.1) is 21.4 Å². The summed E-state index contributed by atoms with van der Waals surface area (Å²) in [5, 5.41) is 19.5. The average molecular weight is 388 g/mol. The summed E-state index contributed by atoms with van der Waals surface area (Å²) in [6.45, 7) is 0. The fourth-order valence-electron chi connectivity index (χ4n) is 1.77. The lowest BCUT2D eigenvalue weighted by Crippen LogP contribution is -2.07. The van der Waals surface area contributed by atoms with E-state index < -0.39 is 36.3 Å². The minimum atomic E-state index is -4.62. The zero-order valence-electron chi connectivity index (χ0n) is 12.0. The highest BCUT2D eigenvalue weighted by Gasteiger charge is 2.31. The first-order valence-corrected chi connectivity index (χ1v) is 8.64. The van der Waals surface area contributed by atoms with Crippen molar-refractivity contribution in [1.82, 2.24) is 0 Å². The van der Waals surface area contributed by atoms with Gasteiger partial charge >= 0.3 is 11.2 Å². The number of alkyl halides is 3. The Bertz CT molecular complexity index is 984. The van der Waals surface area contributed by atoms with E-state index in [1.165, 1.54) is 12.1 Å². The highest BCUT2D eigenvalue weighted by atomic mass is 32.2. The van der Waals surface area contributed by atoms with Gasteiger partial charge in [0, 0.05) is 10.9 Å². The highest BCUT2D eigenvalue weighted by Crippen LogP contribution is 2.32. The predicted octanol–water partition coefficient (Wildman–Crippen LogP) is 4.01. The SMILES string of the molecule is N#C/C(=C/c1ccc([N+](=O)[O-])s1)S(=O)(=O)c1ccc(C(F)(F)F)cc1. The molecular formula is C14H7F3N2O4S2. The van der Waals surface area contributed by atoms with E-state index in [-0.39, 0.29) is 9.88 Å². The molecule has 130 valence electrons. The molecule has 0 saturated carbocycles. The largest absolute Gasteiger partial charge is 0.416 e. The topological polar surface area (TPSA) is 101 Å². The first kappa shape index (κ1) is 18.6. The summed E-state index contributed by atoms with van der Waals surface area (Å²) in [5.41, 5.74) is -1.03. The number of rotatable bonds is 4. The van der Waals surface area contributed by atoms with E-state index in [1.54, 1.807) is 0 Å². The number of allylic oxidation sites excluding steroid dienone is 1. The lowest BCUT2D eigenvalue weighted by atomic mass is 10.2. The molecule has 0 fully saturated rings. The molecule has 0 N–H and O–H groups in total. The highest BCUT2D eigenvalue weighted by molar-refractivity contribution is 7.95. The number of nitrogens with zero attached hydrogens (tertiary/aromatic N) is 2. The number of halogens is 3. The van der Waals surface area contributed by atoms with Gasteiger partial charge in [-0.25, -0.2) is 8.42 Å². The van der Waals surface area contributed by atoms with Crippen molar-refractivity contribution in [3.63, 3.8) is 0 Å². The molecule has 0 bridgehead atoms. The standard InChI is InChI=1S/C14H7F3N2O4S2/c15-14(16,17)9-1-4-11(5-2-9)25(22,23)12(8-18)7-10-3-6-13(24-10)19(20)21/h1-7H/b12-7-. The summed E-state index contributed by atoms with van der Waals surface area (Å²) >= 11 is 0.662. The van der Waals surface area contributed by atoms with Crippen LogP contribution in [0.5, 0.6) is 0 Å². The molecule has 1 heterocycles. The Hall–Kier alpha value is -2.71. The van der Waals surface area contributed by atoms with E-state index in [0.29, 0.717) is 23.5 Å². The molecule has 1 aromatic carbocycles. The van der Waals surface area contributed by atoms with Gasteiger partial charge in [-0.3, -0.25) is 10.1 Å². The molecule has 1 aromatic heterocycles. The van der Waals surface area contributed by atoms with Gasteiger partial charge in [0.05, 0.1) is 15.4 Å². The lowest BCUT2D eigenvalue weighted by molar-refractivity contribution is -0.380. The van der Waals surface area contributed by atoms with Crippen LogP contribution in [0.25, 0.3) is 6.08 Å². The summed E-state index contributed by atoms with van der Waals surface area (Å²) in [4.78, 5) is 8.89. The molecular weight excluding hydrogens is 381 g/mol. The van der Waals surface area contributed by atoms with Crippen molar-refractivity contribution in [2.75, 3.05) is 0 Å². The van der Waals surface area contributed by atoms with E-state index in [1.807, 2.05) is 0 Å². The monoisotopic (exact) mass is 388 g/mol. The number of nitriles is 1. The molecule has 0 radical (unpaired) electrons. The van der Waals surface area contributed by atoms with E-state index in [2.05, 4.69) is 0 Å². The minimum Gasteiger partial charge on any atom is -0.258 e. The minimum absolute atomic E-state index is 0.152. The Morgan fingerprint density at radius 2 is 1.80 bits per heavy atom. The second-order valence-corrected chi connectivity index (χ2v) is 7.59. The second kappa shape index (κ2) is 6.66. The number of hydrogen-bond acceptors (Lipinski definition) is 6. The van der Waals surface area contributed by atoms with Gasteiger partial charge in [-0.15, -0.1) is 0 Å². The van der Waals surface area contributed by atoms with Crippen LogP contribution in [0.2, 0.25) is 0 Å². The maximum Gasteiger partial charge on any atom is 0.416 e. The van der Waals surface area contributed by atoms with E-state index in [4.69, 9.17) is 5.26 Å². The van der Waals surface area contributed by atoms with E-state index in [9.17, 15) is 31.7 Å². The molecule has 25 heavy (non-hydrogen) atoms. The van der Waals surface area contributed by atoms with Crippen molar-refractivity contribution in [2.45, 2.75) is 11.1 Å². The van der Waals surface area contributed by atoms with E-state index >= 15 is 0 Å².